The molecule has 0 bridgehead atoms. The van der Waals surface area contributed by atoms with Gasteiger partial charge in [-0.15, -0.1) is 0 Å². The Morgan fingerprint density at radius 1 is 1.09 bits per heavy atom. The molecular weight excluding hydrogens is 428 g/mol. The Balaban J connectivity index is 1.39. The molecule has 33 heavy (non-hydrogen) atoms. The summed E-state index contributed by atoms with van der Waals surface area (Å²) in [4.78, 5) is 0. The van der Waals surface area contributed by atoms with Crippen molar-refractivity contribution in [3.05, 3.63) is 34.9 Å². The molecule has 1 aliphatic heterocycles. The van der Waals surface area contributed by atoms with Gasteiger partial charge in [-0.05, 0) is 104 Å². The molecule has 184 valence electrons. The Morgan fingerprint density at radius 3 is 2.58 bits per heavy atom. The average molecular weight is 473 g/mol. The zero-order valence-electron chi connectivity index (χ0n) is 21.1. The van der Waals surface area contributed by atoms with Crippen LogP contribution in [0.1, 0.15) is 85.5 Å². The molecule has 4 aliphatic carbocycles. The van der Waals surface area contributed by atoms with E-state index in [0.717, 1.165) is 32.1 Å². The van der Waals surface area contributed by atoms with Crippen LogP contribution in [-0.2, 0) is 9.84 Å². The molecule has 3 nitrogen and oxygen atoms in total. The summed E-state index contributed by atoms with van der Waals surface area (Å²) >= 11 is 0. The monoisotopic (exact) mass is 472 g/mol. The molecular formula is C29H44O3S. The third-order valence-corrected chi connectivity index (χ3v) is 12.1. The fourth-order valence-electron chi connectivity index (χ4n) is 8.27. The Morgan fingerprint density at radius 2 is 1.85 bits per heavy atom. The Bertz CT molecular complexity index is 969. The van der Waals surface area contributed by atoms with Crippen molar-refractivity contribution in [3.63, 3.8) is 0 Å². The summed E-state index contributed by atoms with van der Waals surface area (Å²) in [6.45, 7) is 9.31. The van der Waals surface area contributed by atoms with E-state index in [4.69, 9.17) is 0 Å². The van der Waals surface area contributed by atoms with Crippen LogP contribution < -0.4 is 0 Å². The van der Waals surface area contributed by atoms with Crippen LogP contribution in [0.2, 0.25) is 0 Å². The van der Waals surface area contributed by atoms with E-state index in [-0.39, 0.29) is 16.8 Å². The summed E-state index contributed by atoms with van der Waals surface area (Å²) in [6.07, 6.45) is 16.6. The van der Waals surface area contributed by atoms with Crippen molar-refractivity contribution < 1.29 is 13.5 Å². The second-order valence-corrected chi connectivity index (χ2v) is 14.8. The van der Waals surface area contributed by atoms with Crippen molar-refractivity contribution in [1.82, 2.24) is 0 Å². The molecule has 5 rings (SSSR count). The van der Waals surface area contributed by atoms with E-state index >= 15 is 0 Å². The van der Waals surface area contributed by atoms with Crippen LogP contribution in [0, 0.1) is 40.9 Å². The second kappa shape index (κ2) is 8.66. The molecule has 4 heteroatoms. The molecule has 5 aliphatic rings. The number of sulfone groups is 1. The van der Waals surface area contributed by atoms with Gasteiger partial charge >= 0.3 is 0 Å². The van der Waals surface area contributed by atoms with Crippen molar-refractivity contribution in [1.29, 1.82) is 0 Å². The van der Waals surface area contributed by atoms with E-state index in [1.54, 1.807) is 0 Å². The minimum absolute atomic E-state index is 0.241. The average Bonchev–Trinajstić information content (AvgIpc) is 3.48. The molecule has 1 N–H and O–H groups in total. The van der Waals surface area contributed by atoms with Gasteiger partial charge < -0.3 is 5.11 Å². The lowest BCUT2D eigenvalue weighted by molar-refractivity contribution is 0.111. The number of aliphatic hydroxyl groups is 1. The van der Waals surface area contributed by atoms with Crippen LogP contribution in [-0.4, -0.2) is 30.6 Å². The Hall–Kier alpha value is -0.870. The van der Waals surface area contributed by atoms with Gasteiger partial charge in [-0.1, -0.05) is 57.1 Å². The maximum absolute atomic E-state index is 13.3. The molecule has 0 radical (unpaired) electrons. The number of rotatable bonds is 5. The summed E-state index contributed by atoms with van der Waals surface area (Å²) in [5.74, 6) is 3.35. The first-order chi connectivity index (χ1) is 15.6. The molecule has 1 heterocycles. The van der Waals surface area contributed by atoms with Crippen molar-refractivity contribution in [3.8, 4) is 0 Å². The lowest BCUT2D eigenvalue weighted by Crippen LogP contribution is -2.36. The molecule has 3 fully saturated rings. The number of allylic oxidation sites excluding steroid dienone is 2. The maximum Gasteiger partial charge on any atom is 0.164 e. The van der Waals surface area contributed by atoms with Crippen molar-refractivity contribution >= 4 is 9.84 Å². The van der Waals surface area contributed by atoms with E-state index in [1.807, 2.05) is 0 Å². The van der Waals surface area contributed by atoms with Crippen LogP contribution in [0.5, 0.6) is 0 Å². The van der Waals surface area contributed by atoms with Crippen LogP contribution in [0.4, 0.5) is 0 Å². The predicted octanol–water partition coefficient (Wildman–Crippen LogP) is 6.25. The van der Waals surface area contributed by atoms with E-state index in [9.17, 15) is 13.5 Å². The van der Waals surface area contributed by atoms with Crippen molar-refractivity contribution in [2.45, 2.75) is 96.8 Å². The quantitative estimate of drug-likeness (QED) is 0.481. The predicted molar refractivity (Wildman–Crippen MR) is 135 cm³/mol. The molecule has 0 aromatic heterocycles. The first-order valence-corrected chi connectivity index (χ1v) is 15.3. The van der Waals surface area contributed by atoms with Gasteiger partial charge in [-0.3, -0.25) is 0 Å². The second-order valence-electron chi connectivity index (χ2n) is 12.6. The minimum Gasteiger partial charge on any atom is -0.389 e. The summed E-state index contributed by atoms with van der Waals surface area (Å²) in [5.41, 5.74) is 4.17. The highest BCUT2D eigenvalue weighted by Gasteiger charge is 2.51. The lowest BCUT2D eigenvalue weighted by atomic mass is 9.61. The fourth-order valence-corrected chi connectivity index (χ4v) is 10.4. The summed E-state index contributed by atoms with van der Waals surface area (Å²) < 4.78 is 26.6. The number of hydrogen-bond acceptors (Lipinski definition) is 3. The topological polar surface area (TPSA) is 54.4 Å². The molecule has 0 aromatic rings. The number of hydrogen-bond donors (Lipinski definition) is 1. The fraction of sp³-hybridized carbons (Fsp3) is 0.793. The number of fused-ring (bicyclic) bond motifs is 1. The lowest BCUT2D eigenvalue weighted by Gasteiger charge is -2.44. The van der Waals surface area contributed by atoms with E-state index in [1.165, 1.54) is 42.4 Å². The third-order valence-electron chi connectivity index (χ3n) is 10.2. The molecule has 0 amide bonds. The smallest absolute Gasteiger partial charge is 0.164 e. The van der Waals surface area contributed by atoms with Gasteiger partial charge in [0.05, 0.1) is 11.9 Å². The van der Waals surface area contributed by atoms with Gasteiger partial charge in [-0.25, -0.2) is 8.42 Å². The van der Waals surface area contributed by atoms with Gasteiger partial charge in [0.15, 0.2) is 9.84 Å². The molecule has 0 aromatic carbocycles. The minimum atomic E-state index is -3.11. The summed E-state index contributed by atoms with van der Waals surface area (Å²) in [5, 5.41) is 9.94. The highest BCUT2D eigenvalue weighted by atomic mass is 32.2. The Labute approximate surface area is 201 Å². The first kappa shape index (κ1) is 23.9. The first-order valence-electron chi connectivity index (χ1n) is 13.6. The van der Waals surface area contributed by atoms with Gasteiger partial charge in [-0.2, -0.15) is 0 Å². The van der Waals surface area contributed by atoms with Crippen molar-refractivity contribution in [2.24, 2.45) is 40.9 Å². The van der Waals surface area contributed by atoms with Gasteiger partial charge in [0, 0.05) is 0 Å². The van der Waals surface area contributed by atoms with Gasteiger partial charge in [0.1, 0.15) is 5.25 Å². The number of aliphatic hydroxyl groups excluding tert-OH is 1. The normalized spacial score (nSPS) is 43.7. The zero-order valence-corrected chi connectivity index (χ0v) is 21.9. The van der Waals surface area contributed by atoms with E-state index < -0.39 is 9.84 Å². The standard InChI is InChI=1S/C29H44O3S/c1-18-14-20(3)24-17-33(31,32)28(23(24)15-18)16-22-6-5-13-29(4)25(10-11-26(22)29)19(2)7-12-27(30)21-8-9-21/h7,12,16,18-21,25-28,30H,5-6,8-11,13-15,17H2,1-4H3/b12-7+,22-16+/t18-,19+,20-,25-,26-,27+,28-,29+/m0/s1. The van der Waals surface area contributed by atoms with Crippen LogP contribution in [0.3, 0.4) is 0 Å². The van der Waals surface area contributed by atoms with Crippen LogP contribution in [0.15, 0.2) is 34.9 Å². The highest BCUT2D eigenvalue weighted by Crippen LogP contribution is 2.60. The van der Waals surface area contributed by atoms with Crippen LogP contribution >= 0.6 is 0 Å². The molecule has 0 unspecified atom stereocenters. The highest BCUT2D eigenvalue weighted by molar-refractivity contribution is 7.92. The van der Waals surface area contributed by atoms with Crippen LogP contribution in [0.25, 0.3) is 0 Å². The molecule has 8 atom stereocenters. The van der Waals surface area contributed by atoms with Gasteiger partial charge in [0.25, 0.3) is 0 Å². The zero-order chi connectivity index (χ0) is 23.5. The van der Waals surface area contributed by atoms with Gasteiger partial charge in [0.2, 0.25) is 0 Å². The largest absolute Gasteiger partial charge is 0.389 e. The summed E-state index contributed by atoms with van der Waals surface area (Å²) in [6, 6.07) is 0. The summed E-state index contributed by atoms with van der Waals surface area (Å²) in [7, 11) is -3.11. The van der Waals surface area contributed by atoms with E-state index in [0.29, 0.717) is 41.3 Å². The van der Waals surface area contributed by atoms with Crippen molar-refractivity contribution in [2.75, 3.05) is 5.75 Å². The Kier molecular flexibility index (Phi) is 6.26. The molecule has 3 saturated carbocycles. The SMILES string of the molecule is C[C@@H]1CC2=C(CS(=O)(=O)[C@H]2/C=C2\CCC[C@@]3(C)[C@H]2CC[C@H]3[C@H](C)/C=C/[C@@H](O)C2CC2)[C@@H](C)C1. The molecule has 0 spiro atoms. The third kappa shape index (κ3) is 4.33. The maximum atomic E-state index is 13.3. The molecule has 0 saturated heterocycles. The van der Waals surface area contributed by atoms with E-state index in [2.05, 4.69) is 45.9 Å².